The molecule has 3 unspecified atom stereocenters. The van der Waals surface area contributed by atoms with Gasteiger partial charge < -0.3 is 10.6 Å². The van der Waals surface area contributed by atoms with Gasteiger partial charge in [-0.25, -0.2) is 9.97 Å². The Kier molecular flexibility index (Phi) is 4.95. The van der Waals surface area contributed by atoms with Gasteiger partial charge in [0, 0.05) is 18.4 Å². The van der Waals surface area contributed by atoms with Gasteiger partial charge >= 0.3 is 0 Å². The minimum atomic E-state index is 0.387. The highest BCUT2D eigenvalue weighted by molar-refractivity contribution is 5.79. The van der Waals surface area contributed by atoms with Gasteiger partial charge in [0.15, 0.2) is 0 Å². The van der Waals surface area contributed by atoms with E-state index < -0.39 is 0 Å². The number of nitrogens with zero attached hydrogens (tertiary/aromatic N) is 3. The maximum Gasteiger partial charge on any atom is 0.223 e. The van der Waals surface area contributed by atoms with Crippen molar-refractivity contribution in [3.05, 3.63) is 48.1 Å². The summed E-state index contributed by atoms with van der Waals surface area (Å²) in [7, 11) is 0. The van der Waals surface area contributed by atoms with Gasteiger partial charge in [0.25, 0.3) is 0 Å². The zero-order chi connectivity index (χ0) is 16.9. The minimum Gasteiger partial charge on any atom is -0.361 e. The van der Waals surface area contributed by atoms with Crippen LogP contribution in [0.1, 0.15) is 38.8 Å². The van der Waals surface area contributed by atoms with Crippen molar-refractivity contribution < 1.29 is 0 Å². The monoisotopic (exact) mass is 321 g/mol. The fraction of sp³-hybridized carbons (Fsp3) is 0.421. The Labute approximate surface area is 143 Å². The number of nitrogens with one attached hydrogen (secondary N) is 2. The van der Waals surface area contributed by atoms with E-state index in [1.807, 2.05) is 18.2 Å². The lowest BCUT2D eigenvalue weighted by molar-refractivity contribution is 0.252. The number of aromatic nitrogens is 2. The summed E-state index contributed by atoms with van der Waals surface area (Å²) >= 11 is 0. The maximum atomic E-state index is 9.53. The average molecular weight is 321 g/mol. The van der Waals surface area contributed by atoms with Gasteiger partial charge in [-0.1, -0.05) is 32.8 Å². The molecule has 1 aliphatic carbocycles. The van der Waals surface area contributed by atoms with E-state index in [1.165, 1.54) is 12.8 Å². The van der Waals surface area contributed by atoms with Crippen LogP contribution in [0.15, 0.2) is 42.4 Å². The van der Waals surface area contributed by atoms with E-state index in [0.29, 0.717) is 35.1 Å². The molecule has 1 aromatic heterocycles. The third kappa shape index (κ3) is 3.48. The van der Waals surface area contributed by atoms with Gasteiger partial charge in [0.2, 0.25) is 5.95 Å². The molecule has 1 aromatic rings. The van der Waals surface area contributed by atoms with Crippen molar-refractivity contribution in [1.82, 2.24) is 15.3 Å². The van der Waals surface area contributed by atoms with Crippen LogP contribution in [0.4, 0.5) is 5.95 Å². The van der Waals surface area contributed by atoms with Crippen LogP contribution in [0.5, 0.6) is 0 Å². The molecule has 0 aromatic carbocycles. The van der Waals surface area contributed by atoms with Crippen LogP contribution in [-0.2, 0) is 0 Å². The topological polar surface area (TPSA) is 73.6 Å². The number of rotatable bonds is 3. The van der Waals surface area contributed by atoms with Gasteiger partial charge in [0.05, 0.1) is 11.4 Å². The van der Waals surface area contributed by atoms with Crippen LogP contribution in [0.3, 0.4) is 0 Å². The highest BCUT2D eigenvalue weighted by atomic mass is 15.1. The fourth-order valence-corrected chi connectivity index (χ4v) is 3.32. The van der Waals surface area contributed by atoms with Crippen molar-refractivity contribution >= 4 is 11.5 Å². The Balaban J connectivity index is 1.83. The van der Waals surface area contributed by atoms with E-state index in [4.69, 9.17) is 0 Å². The normalized spacial score (nSPS) is 28.0. The molecule has 2 aliphatic rings. The number of hydrogen-bond donors (Lipinski definition) is 2. The van der Waals surface area contributed by atoms with Crippen molar-refractivity contribution in [3.8, 4) is 6.07 Å². The Morgan fingerprint density at radius 1 is 1.33 bits per heavy atom. The summed E-state index contributed by atoms with van der Waals surface area (Å²) in [4.78, 5) is 8.92. The van der Waals surface area contributed by atoms with E-state index in [9.17, 15) is 5.26 Å². The number of allylic oxidation sites excluding steroid dienone is 4. The highest BCUT2D eigenvalue weighted by Crippen LogP contribution is 2.31. The first-order valence-electron chi connectivity index (χ1n) is 8.53. The first-order valence-corrected chi connectivity index (χ1v) is 8.53. The molecule has 5 heteroatoms. The quantitative estimate of drug-likeness (QED) is 0.832. The summed E-state index contributed by atoms with van der Waals surface area (Å²) in [6.45, 7) is 4.60. The molecule has 0 radical (unpaired) electrons. The number of anilines is 1. The summed E-state index contributed by atoms with van der Waals surface area (Å²) in [5.74, 6) is 1.90. The lowest BCUT2D eigenvalue weighted by Crippen LogP contribution is -2.35. The summed E-state index contributed by atoms with van der Waals surface area (Å²) in [5, 5.41) is 16.1. The molecule has 3 atom stereocenters. The molecule has 1 fully saturated rings. The molecule has 1 aliphatic heterocycles. The van der Waals surface area contributed by atoms with Crippen LogP contribution in [0, 0.1) is 23.2 Å². The molecule has 0 amide bonds. The van der Waals surface area contributed by atoms with Crippen LogP contribution in [-0.4, -0.2) is 16.0 Å². The van der Waals surface area contributed by atoms with Crippen molar-refractivity contribution in [1.29, 1.82) is 5.26 Å². The summed E-state index contributed by atoms with van der Waals surface area (Å²) in [6.07, 6.45) is 12.8. The van der Waals surface area contributed by atoms with E-state index >= 15 is 0 Å². The zero-order valence-electron chi connectivity index (χ0n) is 14.2. The number of dihydropyridines is 1. The zero-order valence-corrected chi connectivity index (χ0v) is 14.2. The molecule has 0 spiro atoms. The lowest BCUT2D eigenvalue weighted by atomic mass is 9.78. The molecule has 2 N–H and O–H groups in total. The second-order valence-electron chi connectivity index (χ2n) is 6.55. The second kappa shape index (κ2) is 7.31. The van der Waals surface area contributed by atoms with E-state index in [2.05, 4.69) is 40.5 Å². The molecule has 0 bridgehead atoms. The molecule has 124 valence electrons. The molecule has 5 nitrogen and oxygen atoms in total. The first-order chi connectivity index (χ1) is 11.7. The van der Waals surface area contributed by atoms with Gasteiger partial charge in [-0.3, -0.25) is 0 Å². The highest BCUT2D eigenvalue weighted by Gasteiger charge is 2.27. The van der Waals surface area contributed by atoms with Crippen LogP contribution < -0.4 is 10.6 Å². The lowest BCUT2D eigenvalue weighted by Gasteiger charge is -2.34. The smallest absolute Gasteiger partial charge is 0.223 e. The van der Waals surface area contributed by atoms with Gasteiger partial charge in [-0.2, -0.15) is 5.26 Å². The largest absolute Gasteiger partial charge is 0.361 e. The van der Waals surface area contributed by atoms with Crippen molar-refractivity contribution in [2.45, 2.75) is 39.2 Å². The summed E-state index contributed by atoms with van der Waals surface area (Å²) in [5.41, 5.74) is 1.91. The van der Waals surface area contributed by atoms with Gasteiger partial charge in [0.1, 0.15) is 11.6 Å². The molecule has 1 saturated carbocycles. The Morgan fingerprint density at radius 2 is 2.21 bits per heavy atom. The van der Waals surface area contributed by atoms with Gasteiger partial charge in [-0.15, -0.1) is 0 Å². The van der Waals surface area contributed by atoms with E-state index in [-0.39, 0.29) is 0 Å². The van der Waals surface area contributed by atoms with Crippen LogP contribution in [0.25, 0.3) is 5.57 Å². The SMILES string of the molecule is CC1CCCC(Nc2nccc(/C(C#N)=C3/C=CC=CN3)n2)C1C. The van der Waals surface area contributed by atoms with E-state index in [1.54, 1.807) is 18.5 Å². The molecule has 2 heterocycles. The minimum absolute atomic E-state index is 0.387. The molecular formula is C19H23N5. The second-order valence-corrected chi connectivity index (χ2v) is 6.55. The fourth-order valence-electron chi connectivity index (χ4n) is 3.32. The van der Waals surface area contributed by atoms with Crippen molar-refractivity contribution in [3.63, 3.8) is 0 Å². The molecule has 3 rings (SSSR count). The number of hydrogen-bond acceptors (Lipinski definition) is 5. The molecule has 24 heavy (non-hydrogen) atoms. The standard InChI is InChI=1S/C19H23N5/c1-13-6-5-8-16(14(13)2)23-19-22-11-9-18(24-19)15(12-20)17-7-3-4-10-21-17/h3-4,7,9-11,13-14,16,21H,5-6,8H2,1-2H3,(H,22,23,24)/b17-15-. The third-order valence-electron chi connectivity index (χ3n) is 5.02. The Bertz CT molecular complexity index is 726. The van der Waals surface area contributed by atoms with Gasteiger partial charge in [-0.05, 0) is 36.5 Å². The average Bonchev–Trinajstić information content (AvgIpc) is 2.61. The predicted octanol–water partition coefficient (Wildman–Crippen LogP) is 3.62. The first kappa shape index (κ1) is 16.3. The van der Waals surface area contributed by atoms with Crippen LogP contribution in [0.2, 0.25) is 0 Å². The summed E-state index contributed by atoms with van der Waals surface area (Å²) < 4.78 is 0. The molecule has 0 saturated heterocycles. The molecular weight excluding hydrogens is 298 g/mol. The Morgan fingerprint density at radius 3 is 2.96 bits per heavy atom. The van der Waals surface area contributed by atoms with Crippen molar-refractivity contribution in [2.24, 2.45) is 11.8 Å². The summed E-state index contributed by atoms with van der Waals surface area (Å²) in [6, 6.07) is 4.41. The number of nitriles is 1. The Hall–Kier alpha value is -2.61. The van der Waals surface area contributed by atoms with E-state index in [0.717, 1.165) is 12.1 Å². The maximum absolute atomic E-state index is 9.53. The third-order valence-corrected chi connectivity index (χ3v) is 5.02. The van der Waals surface area contributed by atoms with Crippen molar-refractivity contribution in [2.75, 3.05) is 5.32 Å². The predicted molar refractivity (Wildman–Crippen MR) is 95.6 cm³/mol. The van der Waals surface area contributed by atoms with Crippen LogP contribution >= 0.6 is 0 Å².